The van der Waals surface area contributed by atoms with Gasteiger partial charge in [-0.2, -0.15) is 0 Å². The molecule has 0 spiro atoms. The number of ether oxygens (including phenoxy) is 2. The second-order valence-electron chi connectivity index (χ2n) is 5.79. The number of hydrogen-bond acceptors (Lipinski definition) is 4. The Labute approximate surface area is 117 Å². The summed E-state index contributed by atoms with van der Waals surface area (Å²) >= 11 is 0. The van der Waals surface area contributed by atoms with Crippen LogP contribution in [0.2, 0.25) is 0 Å². The standard InChI is InChI=1S/C15H19N3O2/c16-9-15(3-1-2-4-15)14-17-10-7-12-13(8-11(10)18-14)20-6-5-19-12/h7-8H,1-6,9,16H2,(H,17,18). The summed E-state index contributed by atoms with van der Waals surface area (Å²) < 4.78 is 11.2. The highest BCUT2D eigenvalue weighted by molar-refractivity contribution is 5.80. The number of fused-ring (bicyclic) bond motifs is 2. The van der Waals surface area contributed by atoms with E-state index in [2.05, 4.69) is 4.98 Å². The third kappa shape index (κ3) is 1.69. The van der Waals surface area contributed by atoms with E-state index in [1.54, 1.807) is 0 Å². The van der Waals surface area contributed by atoms with E-state index < -0.39 is 0 Å². The van der Waals surface area contributed by atoms with Crippen molar-refractivity contribution in [2.45, 2.75) is 31.1 Å². The van der Waals surface area contributed by atoms with Crippen LogP contribution < -0.4 is 15.2 Å². The first-order valence-corrected chi connectivity index (χ1v) is 7.31. The molecule has 0 unspecified atom stereocenters. The van der Waals surface area contributed by atoms with Gasteiger partial charge >= 0.3 is 0 Å². The lowest BCUT2D eigenvalue weighted by Gasteiger charge is -2.24. The number of nitrogens with two attached hydrogens (primary N) is 1. The van der Waals surface area contributed by atoms with Crippen molar-refractivity contribution in [2.75, 3.05) is 19.8 Å². The molecule has 1 aromatic heterocycles. The van der Waals surface area contributed by atoms with Gasteiger partial charge in [0.1, 0.15) is 19.0 Å². The number of aromatic amines is 1. The van der Waals surface area contributed by atoms with Crippen molar-refractivity contribution >= 4 is 11.0 Å². The minimum absolute atomic E-state index is 0.0290. The molecule has 0 bridgehead atoms. The number of aromatic nitrogens is 2. The molecule has 5 nitrogen and oxygen atoms in total. The van der Waals surface area contributed by atoms with Gasteiger partial charge in [0.05, 0.1) is 11.0 Å². The highest BCUT2D eigenvalue weighted by atomic mass is 16.6. The number of rotatable bonds is 2. The highest BCUT2D eigenvalue weighted by Gasteiger charge is 2.37. The number of hydrogen-bond donors (Lipinski definition) is 2. The van der Waals surface area contributed by atoms with Crippen LogP contribution in [-0.2, 0) is 5.41 Å². The Balaban J connectivity index is 1.82. The Bertz CT molecular complexity index is 601. The fourth-order valence-electron chi connectivity index (χ4n) is 3.39. The first-order chi connectivity index (χ1) is 9.81. The zero-order valence-electron chi connectivity index (χ0n) is 11.4. The molecule has 2 heterocycles. The maximum absolute atomic E-state index is 6.04. The summed E-state index contributed by atoms with van der Waals surface area (Å²) in [5.41, 5.74) is 8.00. The molecule has 1 aliphatic carbocycles. The molecule has 106 valence electrons. The molecule has 2 aliphatic rings. The lowest BCUT2D eigenvalue weighted by molar-refractivity contribution is 0.172. The Hall–Kier alpha value is -1.75. The van der Waals surface area contributed by atoms with Gasteiger partial charge in [-0.3, -0.25) is 0 Å². The maximum Gasteiger partial charge on any atom is 0.163 e. The lowest BCUT2D eigenvalue weighted by atomic mass is 9.85. The predicted octanol–water partition coefficient (Wildman–Crippen LogP) is 2.10. The van der Waals surface area contributed by atoms with Crippen LogP contribution in [0.25, 0.3) is 11.0 Å². The average Bonchev–Trinajstić information content (AvgIpc) is 3.11. The van der Waals surface area contributed by atoms with E-state index in [1.165, 1.54) is 12.8 Å². The fraction of sp³-hybridized carbons (Fsp3) is 0.533. The van der Waals surface area contributed by atoms with Gasteiger partial charge in [-0.15, -0.1) is 0 Å². The Kier molecular flexibility index (Phi) is 2.63. The van der Waals surface area contributed by atoms with Gasteiger partial charge in [0.25, 0.3) is 0 Å². The molecule has 1 aromatic carbocycles. The van der Waals surface area contributed by atoms with Crippen LogP contribution in [0.4, 0.5) is 0 Å². The molecule has 1 fully saturated rings. The van der Waals surface area contributed by atoms with Crippen LogP contribution in [-0.4, -0.2) is 29.7 Å². The largest absolute Gasteiger partial charge is 0.486 e. The number of nitrogens with one attached hydrogen (secondary N) is 1. The van der Waals surface area contributed by atoms with Gasteiger partial charge < -0.3 is 20.2 Å². The van der Waals surface area contributed by atoms with Crippen molar-refractivity contribution in [1.82, 2.24) is 9.97 Å². The molecule has 0 atom stereocenters. The molecule has 0 radical (unpaired) electrons. The van der Waals surface area contributed by atoms with Crippen molar-refractivity contribution < 1.29 is 9.47 Å². The topological polar surface area (TPSA) is 73.2 Å². The zero-order chi connectivity index (χ0) is 13.6. The fourth-order valence-corrected chi connectivity index (χ4v) is 3.39. The minimum Gasteiger partial charge on any atom is -0.486 e. The number of benzene rings is 1. The van der Waals surface area contributed by atoms with Crippen molar-refractivity contribution in [3.8, 4) is 11.5 Å². The Morgan fingerprint density at radius 1 is 1.15 bits per heavy atom. The molecule has 2 aromatic rings. The van der Waals surface area contributed by atoms with E-state index >= 15 is 0 Å². The summed E-state index contributed by atoms with van der Waals surface area (Å²) in [6.07, 6.45) is 4.71. The van der Waals surface area contributed by atoms with E-state index in [1.807, 2.05) is 12.1 Å². The molecule has 20 heavy (non-hydrogen) atoms. The molecule has 5 heteroatoms. The van der Waals surface area contributed by atoms with E-state index in [-0.39, 0.29) is 5.41 Å². The minimum atomic E-state index is 0.0290. The van der Waals surface area contributed by atoms with E-state index in [9.17, 15) is 0 Å². The number of H-pyrrole nitrogens is 1. The molecule has 0 amide bonds. The Morgan fingerprint density at radius 2 is 1.85 bits per heavy atom. The normalized spacial score (nSPS) is 20.4. The number of nitrogens with zero attached hydrogens (tertiary/aromatic N) is 1. The summed E-state index contributed by atoms with van der Waals surface area (Å²) in [5.74, 6) is 2.61. The van der Waals surface area contributed by atoms with Crippen LogP contribution in [0, 0.1) is 0 Å². The van der Waals surface area contributed by atoms with Crippen LogP contribution in [0.1, 0.15) is 31.5 Å². The maximum atomic E-state index is 6.04. The first kappa shape index (κ1) is 12.0. The van der Waals surface area contributed by atoms with Crippen LogP contribution in [0.3, 0.4) is 0 Å². The second kappa shape index (κ2) is 4.38. The summed E-state index contributed by atoms with van der Waals surface area (Å²) in [6, 6.07) is 3.95. The first-order valence-electron chi connectivity index (χ1n) is 7.31. The summed E-state index contributed by atoms with van der Waals surface area (Å²) in [6.45, 7) is 1.86. The van der Waals surface area contributed by atoms with Crippen LogP contribution in [0.15, 0.2) is 12.1 Å². The van der Waals surface area contributed by atoms with Gasteiger partial charge in [-0.1, -0.05) is 12.8 Å². The van der Waals surface area contributed by atoms with E-state index in [4.69, 9.17) is 20.2 Å². The SMILES string of the molecule is NCC1(c2nc3cc4c(cc3[nH]2)OCCO4)CCCC1. The third-order valence-corrected chi connectivity index (χ3v) is 4.60. The quantitative estimate of drug-likeness (QED) is 0.879. The molecular weight excluding hydrogens is 254 g/mol. The highest BCUT2D eigenvalue weighted by Crippen LogP contribution is 2.41. The van der Waals surface area contributed by atoms with Crippen LogP contribution in [0.5, 0.6) is 11.5 Å². The summed E-state index contributed by atoms with van der Waals surface area (Å²) in [5, 5.41) is 0. The molecule has 3 N–H and O–H groups in total. The molecular formula is C15H19N3O2. The number of imidazole rings is 1. The van der Waals surface area contributed by atoms with Crippen molar-refractivity contribution in [3.05, 3.63) is 18.0 Å². The van der Waals surface area contributed by atoms with Gasteiger partial charge in [0.2, 0.25) is 0 Å². The summed E-state index contributed by atoms with van der Waals surface area (Å²) in [4.78, 5) is 8.23. The van der Waals surface area contributed by atoms with Crippen molar-refractivity contribution in [2.24, 2.45) is 5.73 Å². The second-order valence-corrected chi connectivity index (χ2v) is 5.79. The monoisotopic (exact) mass is 273 g/mol. The molecule has 1 saturated carbocycles. The zero-order valence-corrected chi connectivity index (χ0v) is 11.4. The average molecular weight is 273 g/mol. The van der Waals surface area contributed by atoms with E-state index in [0.717, 1.165) is 41.2 Å². The van der Waals surface area contributed by atoms with Gasteiger partial charge in [-0.05, 0) is 12.8 Å². The van der Waals surface area contributed by atoms with Gasteiger partial charge in [0.15, 0.2) is 11.5 Å². The lowest BCUT2D eigenvalue weighted by Crippen LogP contribution is -2.33. The van der Waals surface area contributed by atoms with Gasteiger partial charge in [0, 0.05) is 24.1 Å². The van der Waals surface area contributed by atoms with Crippen molar-refractivity contribution in [3.63, 3.8) is 0 Å². The third-order valence-electron chi connectivity index (χ3n) is 4.60. The van der Waals surface area contributed by atoms with Gasteiger partial charge in [-0.25, -0.2) is 4.98 Å². The molecule has 0 saturated heterocycles. The van der Waals surface area contributed by atoms with E-state index in [0.29, 0.717) is 19.8 Å². The predicted molar refractivity (Wildman–Crippen MR) is 76.3 cm³/mol. The smallest absolute Gasteiger partial charge is 0.163 e. The Morgan fingerprint density at radius 3 is 2.55 bits per heavy atom. The van der Waals surface area contributed by atoms with Crippen molar-refractivity contribution in [1.29, 1.82) is 0 Å². The molecule has 1 aliphatic heterocycles. The summed E-state index contributed by atoms with van der Waals surface area (Å²) in [7, 11) is 0. The molecule has 4 rings (SSSR count). The van der Waals surface area contributed by atoms with Crippen LogP contribution >= 0.6 is 0 Å².